The summed E-state index contributed by atoms with van der Waals surface area (Å²) in [7, 11) is 0. The van der Waals surface area contributed by atoms with E-state index in [-0.39, 0.29) is 5.91 Å². The molecule has 1 saturated heterocycles. The van der Waals surface area contributed by atoms with Crippen LogP contribution in [0, 0.1) is 5.92 Å². The Kier molecular flexibility index (Phi) is 7.77. The van der Waals surface area contributed by atoms with Crippen molar-refractivity contribution in [3.63, 3.8) is 0 Å². The standard InChI is InChI=1S/C27H37N7O2/c1-2-3-12-29-27-30-17-23-24(32-34(25(23)31-27)18-19-4-10-22(28)11-5-19)20-6-8-21(9-7-20)26(35)33-13-15-36-16-14-33/h6-9,17,19,22H,2-5,10-16,18,28H2,1H3,(H,29,30,31). The third kappa shape index (κ3) is 5.52. The molecule has 2 fully saturated rings. The highest BCUT2D eigenvalue weighted by atomic mass is 16.5. The predicted octanol–water partition coefficient (Wildman–Crippen LogP) is 3.70. The van der Waals surface area contributed by atoms with E-state index in [1.165, 1.54) is 0 Å². The van der Waals surface area contributed by atoms with Crippen molar-refractivity contribution < 1.29 is 9.53 Å². The number of carbonyl (C=O) groups is 1. The van der Waals surface area contributed by atoms with Crippen LogP contribution in [-0.2, 0) is 11.3 Å². The highest BCUT2D eigenvalue weighted by Gasteiger charge is 2.23. The Labute approximate surface area is 212 Å². The number of unbranched alkanes of at least 4 members (excludes halogenated alkanes) is 1. The van der Waals surface area contributed by atoms with Crippen LogP contribution in [0.5, 0.6) is 0 Å². The summed E-state index contributed by atoms with van der Waals surface area (Å²) in [6.07, 6.45) is 8.42. The summed E-state index contributed by atoms with van der Waals surface area (Å²) in [5.41, 5.74) is 9.47. The van der Waals surface area contributed by atoms with Crippen LogP contribution in [-0.4, -0.2) is 69.4 Å². The number of fused-ring (bicyclic) bond motifs is 1. The second-order valence-corrected chi connectivity index (χ2v) is 10.0. The first-order chi connectivity index (χ1) is 17.6. The van der Waals surface area contributed by atoms with Crippen molar-refractivity contribution in [1.82, 2.24) is 24.6 Å². The van der Waals surface area contributed by atoms with Crippen LogP contribution in [0.1, 0.15) is 55.8 Å². The fourth-order valence-electron chi connectivity index (χ4n) is 5.10. The minimum atomic E-state index is 0.0434. The first-order valence-electron chi connectivity index (χ1n) is 13.3. The van der Waals surface area contributed by atoms with Gasteiger partial charge in [-0.15, -0.1) is 0 Å². The highest BCUT2D eigenvalue weighted by Crippen LogP contribution is 2.31. The number of carbonyl (C=O) groups excluding carboxylic acids is 1. The Morgan fingerprint density at radius 1 is 1.14 bits per heavy atom. The summed E-state index contributed by atoms with van der Waals surface area (Å²) < 4.78 is 7.42. The van der Waals surface area contributed by atoms with E-state index in [1.54, 1.807) is 0 Å². The molecule has 9 nitrogen and oxygen atoms in total. The van der Waals surface area contributed by atoms with Gasteiger partial charge in [0.05, 0.1) is 18.6 Å². The van der Waals surface area contributed by atoms with Crippen molar-refractivity contribution >= 4 is 22.9 Å². The maximum Gasteiger partial charge on any atom is 0.254 e. The minimum absolute atomic E-state index is 0.0434. The molecule has 9 heteroatoms. The molecule has 36 heavy (non-hydrogen) atoms. The lowest BCUT2D eigenvalue weighted by Crippen LogP contribution is -2.40. The van der Waals surface area contributed by atoms with Crippen molar-refractivity contribution in [2.24, 2.45) is 11.7 Å². The summed E-state index contributed by atoms with van der Waals surface area (Å²) in [5.74, 6) is 1.23. The molecule has 1 saturated carbocycles. The van der Waals surface area contributed by atoms with Gasteiger partial charge in [0.25, 0.3) is 5.91 Å². The van der Waals surface area contributed by atoms with Crippen LogP contribution in [0.4, 0.5) is 5.95 Å². The van der Waals surface area contributed by atoms with Crippen LogP contribution in [0.3, 0.4) is 0 Å². The van der Waals surface area contributed by atoms with Gasteiger partial charge in [0.1, 0.15) is 5.69 Å². The summed E-state index contributed by atoms with van der Waals surface area (Å²) in [4.78, 5) is 24.2. The average molecular weight is 492 g/mol. The number of benzene rings is 1. The molecule has 3 N–H and O–H groups in total. The number of anilines is 1. The van der Waals surface area contributed by atoms with E-state index in [4.69, 9.17) is 20.6 Å². The summed E-state index contributed by atoms with van der Waals surface area (Å²) in [5, 5.41) is 9.29. The second-order valence-electron chi connectivity index (χ2n) is 10.0. The van der Waals surface area contributed by atoms with Gasteiger partial charge in [-0.3, -0.25) is 4.79 Å². The van der Waals surface area contributed by atoms with Crippen LogP contribution >= 0.6 is 0 Å². The molecule has 5 rings (SSSR count). The third-order valence-electron chi connectivity index (χ3n) is 7.33. The number of nitrogens with two attached hydrogens (primary N) is 1. The molecule has 0 radical (unpaired) electrons. The molecule has 2 aromatic heterocycles. The number of aromatic nitrogens is 4. The third-order valence-corrected chi connectivity index (χ3v) is 7.33. The largest absolute Gasteiger partial charge is 0.378 e. The van der Waals surface area contributed by atoms with Gasteiger partial charge in [0.2, 0.25) is 5.95 Å². The number of hydrogen-bond acceptors (Lipinski definition) is 7. The molecule has 192 valence electrons. The van der Waals surface area contributed by atoms with Crippen molar-refractivity contribution in [2.45, 2.75) is 58.0 Å². The number of hydrogen-bond donors (Lipinski definition) is 2. The lowest BCUT2D eigenvalue weighted by molar-refractivity contribution is 0.0303. The van der Waals surface area contributed by atoms with Crippen molar-refractivity contribution in [1.29, 1.82) is 0 Å². The van der Waals surface area contributed by atoms with Crippen molar-refractivity contribution in [3.05, 3.63) is 36.0 Å². The zero-order chi connectivity index (χ0) is 24.9. The van der Waals surface area contributed by atoms with E-state index < -0.39 is 0 Å². The van der Waals surface area contributed by atoms with Gasteiger partial charge in [-0.2, -0.15) is 10.1 Å². The summed E-state index contributed by atoms with van der Waals surface area (Å²) >= 11 is 0. The van der Waals surface area contributed by atoms with E-state index in [1.807, 2.05) is 40.0 Å². The Bertz CT molecular complexity index is 1160. The van der Waals surface area contributed by atoms with Crippen LogP contribution in [0.15, 0.2) is 30.5 Å². The Balaban J connectivity index is 1.42. The van der Waals surface area contributed by atoms with Gasteiger partial charge in [-0.25, -0.2) is 9.67 Å². The topological polar surface area (TPSA) is 111 Å². The molecule has 3 aromatic rings. The maximum atomic E-state index is 12.9. The van der Waals surface area contributed by atoms with E-state index in [0.717, 1.165) is 73.9 Å². The van der Waals surface area contributed by atoms with E-state index in [0.29, 0.717) is 49.8 Å². The zero-order valence-electron chi connectivity index (χ0n) is 21.2. The molecule has 0 spiro atoms. The van der Waals surface area contributed by atoms with Gasteiger partial charge < -0.3 is 20.7 Å². The van der Waals surface area contributed by atoms with Gasteiger partial charge in [-0.05, 0) is 50.2 Å². The summed E-state index contributed by atoms with van der Waals surface area (Å²) in [6, 6.07) is 8.06. The quantitative estimate of drug-likeness (QED) is 0.462. The molecule has 1 aromatic carbocycles. The Hall–Kier alpha value is -3.04. The molecule has 1 aliphatic heterocycles. The monoisotopic (exact) mass is 491 g/mol. The molecule has 1 aliphatic carbocycles. The second kappa shape index (κ2) is 11.3. The van der Waals surface area contributed by atoms with E-state index in [2.05, 4.69) is 17.2 Å². The van der Waals surface area contributed by atoms with Crippen LogP contribution < -0.4 is 11.1 Å². The molecule has 2 aliphatic rings. The fraction of sp³-hybridized carbons (Fsp3) is 0.556. The van der Waals surface area contributed by atoms with Gasteiger partial charge >= 0.3 is 0 Å². The average Bonchev–Trinajstić information content (AvgIpc) is 3.28. The molecular weight excluding hydrogens is 454 g/mol. The van der Waals surface area contributed by atoms with Crippen LogP contribution in [0.25, 0.3) is 22.3 Å². The van der Waals surface area contributed by atoms with Gasteiger partial charge in [0.15, 0.2) is 5.65 Å². The predicted molar refractivity (Wildman–Crippen MR) is 141 cm³/mol. The maximum absolute atomic E-state index is 12.9. The SMILES string of the molecule is CCCCNc1ncc2c(-c3ccc(C(=O)N4CCOCC4)cc3)nn(CC3CCC(N)CC3)c2n1. The molecular formula is C27H37N7O2. The van der Waals surface area contributed by atoms with Crippen LogP contribution in [0.2, 0.25) is 0 Å². The molecule has 3 heterocycles. The van der Waals surface area contributed by atoms with Gasteiger partial charge in [0, 0.05) is 49.5 Å². The van der Waals surface area contributed by atoms with Crippen molar-refractivity contribution in [2.75, 3.05) is 38.2 Å². The molecule has 0 unspecified atom stereocenters. The number of rotatable bonds is 8. The Morgan fingerprint density at radius 3 is 2.61 bits per heavy atom. The Morgan fingerprint density at radius 2 is 1.89 bits per heavy atom. The lowest BCUT2D eigenvalue weighted by atomic mass is 9.86. The fourth-order valence-corrected chi connectivity index (χ4v) is 5.10. The number of morpholine rings is 1. The smallest absolute Gasteiger partial charge is 0.254 e. The molecule has 1 amide bonds. The minimum Gasteiger partial charge on any atom is -0.378 e. The molecule has 0 atom stereocenters. The zero-order valence-corrected chi connectivity index (χ0v) is 21.2. The number of nitrogens with one attached hydrogen (secondary N) is 1. The number of nitrogens with zero attached hydrogens (tertiary/aromatic N) is 5. The van der Waals surface area contributed by atoms with Gasteiger partial charge in [-0.1, -0.05) is 25.5 Å². The lowest BCUT2D eigenvalue weighted by Gasteiger charge is -2.26. The number of ether oxygens (including phenoxy) is 1. The first-order valence-corrected chi connectivity index (χ1v) is 13.3. The molecule has 0 bridgehead atoms. The first kappa shape index (κ1) is 24.6. The normalized spacial score (nSPS) is 20.6. The van der Waals surface area contributed by atoms with E-state index in [9.17, 15) is 4.79 Å². The highest BCUT2D eigenvalue weighted by molar-refractivity contribution is 5.96. The number of amides is 1. The van der Waals surface area contributed by atoms with E-state index >= 15 is 0 Å². The van der Waals surface area contributed by atoms with Crippen molar-refractivity contribution in [3.8, 4) is 11.3 Å². The summed E-state index contributed by atoms with van der Waals surface area (Å²) in [6.45, 7) is 6.29.